The Hall–Kier alpha value is -1.39. The summed E-state index contributed by atoms with van der Waals surface area (Å²) < 4.78 is 0.562. The highest BCUT2D eigenvalue weighted by molar-refractivity contribution is 6.34. The first-order chi connectivity index (χ1) is 8.29. The van der Waals surface area contributed by atoms with Crippen molar-refractivity contribution < 1.29 is 9.28 Å². The summed E-state index contributed by atoms with van der Waals surface area (Å²) in [5, 5.41) is 4.69. The number of quaternary nitrogens is 1. The van der Waals surface area contributed by atoms with Gasteiger partial charge in [-0.05, 0) is 13.0 Å². The SMILES string of the molecule is C/C(=N\NC(=O)C[N+](C)(C)C)c1ccccc1Cl. The van der Waals surface area contributed by atoms with Gasteiger partial charge >= 0.3 is 0 Å². The fourth-order valence-electron chi connectivity index (χ4n) is 1.43. The minimum atomic E-state index is -0.117. The van der Waals surface area contributed by atoms with E-state index in [1.54, 1.807) is 6.07 Å². The fourth-order valence-corrected chi connectivity index (χ4v) is 1.70. The lowest BCUT2D eigenvalue weighted by molar-refractivity contribution is -0.862. The van der Waals surface area contributed by atoms with Gasteiger partial charge in [0.2, 0.25) is 0 Å². The van der Waals surface area contributed by atoms with Crippen molar-refractivity contribution in [3.63, 3.8) is 0 Å². The molecule has 0 fully saturated rings. The Kier molecular flexibility index (Phi) is 4.87. The van der Waals surface area contributed by atoms with Crippen LogP contribution in [-0.4, -0.2) is 43.8 Å². The second-order valence-corrected chi connectivity index (χ2v) is 5.57. The maximum atomic E-state index is 11.6. The molecular weight excluding hydrogens is 250 g/mol. The summed E-state index contributed by atoms with van der Waals surface area (Å²) in [4.78, 5) is 11.6. The van der Waals surface area contributed by atoms with E-state index in [4.69, 9.17) is 11.6 Å². The van der Waals surface area contributed by atoms with Gasteiger partial charge < -0.3 is 4.48 Å². The summed E-state index contributed by atoms with van der Waals surface area (Å²) in [6, 6.07) is 7.40. The zero-order valence-electron chi connectivity index (χ0n) is 11.2. The molecule has 4 nitrogen and oxygen atoms in total. The Bertz CT molecular complexity index is 464. The number of halogens is 1. The van der Waals surface area contributed by atoms with Gasteiger partial charge in [-0.2, -0.15) is 5.10 Å². The van der Waals surface area contributed by atoms with Crippen molar-refractivity contribution in [1.82, 2.24) is 5.43 Å². The predicted molar refractivity (Wildman–Crippen MR) is 74.7 cm³/mol. The number of hydrazone groups is 1. The lowest BCUT2D eigenvalue weighted by Gasteiger charge is -2.22. The summed E-state index contributed by atoms with van der Waals surface area (Å²) in [5.74, 6) is -0.117. The van der Waals surface area contributed by atoms with Crippen LogP contribution < -0.4 is 5.43 Å². The second kappa shape index (κ2) is 5.98. The Labute approximate surface area is 113 Å². The van der Waals surface area contributed by atoms with Crippen LogP contribution in [0.1, 0.15) is 12.5 Å². The molecule has 1 aromatic carbocycles. The van der Waals surface area contributed by atoms with Gasteiger partial charge in [0.25, 0.3) is 5.91 Å². The zero-order chi connectivity index (χ0) is 13.8. The highest BCUT2D eigenvalue weighted by Crippen LogP contribution is 2.15. The Morgan fingerprint density at radius 2 is 1.94 bits per heavy atom. The maximum absolute atomic E-state index is 11.6. The molecule has 0 spiro atoms. The molecule has 0 aliphatic heterocycles. The minimum Gasteiger partial charge on any atom is -0.323 e. The van der Waals surface area contributed by atoms with Crippen LogP contribution >= 0.6 is 11.6 Å². The van der Waals surface area contributed by atoms with Crippen molar-refractivity contribution in [2.24, 2.45) is 5.10 Å². The van der Waals surface area contributed by atoms with E-state index in [1.165, 1.54) is 0 Å². The van der Waals surface area contributed by atoms with Crippen LogP contribution in [0.5, 0.6) is 0 Å². The molecule has 0 atom stereocenters. The number of benzene rings is 1. The molecule has 0 aromatic heterocycles. The molecule has 1 N–H and O–H groups in total. The van der Waals surface area contributed by atoms with Crippen molar-refractivity contribution in [3.8, 4) is 0 Å². The average molecular weight is 269 g/mol. The van der Waals surface area contributed by atoms with Crippen molar-refractivity contribution in [1.29, 1.82) is 0 Å². The summed E-state index contributed by atoms with van der Waals surface area (Å²) in [5.41, 5.74) is 4.05. The van der Waals surface area contributed by atoms with Gasteiger partial charge in [-0.25, -0.2) is 5.43 Å². The average Bonchev–Trinajstić information content (AvgIpc) is 2.24. The Balaban J connectivity index is 2.69. The first-order valence-electron chi connectivity index (χ1n) is 5.68. The van der Waals surface area contributed by atoms with Crippen LogP contribution in [0.25, 0.3) is 0 Å². The first kappa shape index (κ1) is 14.7. The van der Waals surface area contributed by atoms with Crippen LogP contribution in [0.2, 0.25) is 5.02 Å². The molecule has 0 aliphatic rings. The third-order valence-electron chi connectivity index (χ3n) is 2.23. The van der Waals surface area contributed by atoms with Gasteiger partial charge in [-0.1, -0.05) is 29.8 Å². The molecule has 0 saturated carbocycles. The number of carbonyl (C=O) groups excluding carboxylic acids is 1. The molecule has 0 unspecified atom stereocenters. The van der Waals surface area contributed by atoms with Crippen molar-refractivity contribution in [2.75, 3.05) is 27.7 Å². The van der Waals surface area contributed by atoms with E-state index in [2.05, 4.69) is 10.5 Å². The normalized spacial score (nSPS) is 12.4. The van der Waals surface area contributed by atoms with E-state index in [9.17, 15) is 4.79 Å². The number of likely N-dealkylation sites (N-methyl/N-ethyl adjacent to an activating group) is 1. The van der Waals surface area contributed by atoms with Gasteiger partial charge in [0.15, 0.2) is 6.54 Å². The number of hydrogen-bond donors (Lipinski definition) is 1. The summed E-state index contributed by atoms with van der Waals surface area (Å²) >= 11 is 6.04. The molecule has 0 radical (unpaired) electrons. The molecule has 0 heterocycles. The molecular formula is C13H19ClN3O+. The maximum Gasteiger partial charge on any atom is 0.295 e. The highest BCUT2D eigenvalue weighted by atomic mass is 35.5. The van der Waals surface area contributed by atoms with Crippen LogP contribution in [-0.2, 0) is 4.79 Å². The first-order valence-corrected chi connectivity index (χ1v) is 6.06. The lowest BCUT2D eigenvalue weighted by Crippen LogP contribution is -2.43. The van der Waals surface area contributed by atoms with E-state index in [0.717, 1.165) is 5.56 Å². The van der Waals surface area contributed by atoms with E-state index >= 15 is 0 Å². The Morgan fingerprint density at radius 3 is 2.50 bits per heavy atom. The monoisotopic (exact) mass is 268 g/mol. The highest BCUT2D eigenvalue weighted by Gasteiger charge is 2.13. The number of nitrogens with one attached hydrogen (secondary N) is 1. The van der Waals surface area contributed by atoms with Crippen LogP contribution in [0.4, 0.5) is 0 Å². The topological polar surface area (TPSA) is 41.5 Å². The van der Waals surface area contributed by atoms with Gasteiger partial charge in [0, 0.05) is 10.6 Å². The number of amides is 1. The number of nitrogens with zero attached hydrogens (tertiary/aromatic N) is 2. The van der Waals surface area contributed by atoms with Gasteiger partial charge in [-0.3, -0.25) is 4.79 Å². The van der Waals surface area contributed by atoms with E-state index in [0.29, 0.717) is 21.8 Å². The van der Waals surface area contributed by atoms with Crippen LogP contribution in [0.3, 0.4) is 0 Å². The number of rotatable bonds is 4. The minimum absolute atomic E-state index is 0.117. The van der Waals surface area contributed by atoms with Gasteiger partial charge in [0.05, 0.1) is 26.9 Å². The predicted octanol–water partition coefficient (Wildman–Crippen LogP) is 1.89. The van der Waals surface area contributed by atoms with E-state index < -0.39 is 0 Å². The van der Waals surface area contributed by atoms with Crippen LogP contribution in [0.15, 0.2) is 29.4 Å². The largest absolute Gasteiger partial charge is 0.323 e. The van der Waals surface area contributed by atoms with E-state index in [1.807, 2.05) is 46.3 Å². The Morgan fingerprint density at radius 1 is 1.33 bits per heavy atom. The molecule has 0 bridgehead atoms. The second-order valence-electron chi connectivity index (χ2n) is 5.16. The quantitative estimate of drug-likeness (QED) is 0.506. The molecule has 1 rings (SSSR count). The molecule has 0 aliphatic carbocycles. The zero-order valence-corrected chi connectivity index (χ0v) is 12.0. The third-order valence-corrected chi connectivity index (χ3v) is 2.56. The van der Waals surface area contributed by atoms with Crippen molar-refractivity contribution in [2.45, 2.75) is 6.92 Å². The molecule has 98 valence electrons. The summed E-state index contributed by atoms with van der Waals surface area (Å²) in [6.45, 7) is 2.19. The smallest absolute Gasteiger partial charge is 0.295 e. The van der Waals surface area contributed by atoms with Crippen LogP contribution in [0, 0.1) is 0 Å². The number of hydrogen-bond acceptors (Lipinski definition) is 2. The molecule has 1 aromatic rings. The molecule has 0 saturated heterocycles. The summed E-state index contributed by atoms with van der Waals surface area (Å²) in [7, 11) is 5.85. The van der Waals surface area contributed by atoms with Gasteiger partial charge in [-0.15, -0.1) is 0 Å². The fraction of sp³-hybridized carbons (Fsp3) is 0.385. The third kappa shape index (κ3) is 4.85. The standard InChI is InChI=1S/C13H18ClN3O/c1-10(11-7-5-6-8-12(11)14)15-16-13(18)9-17(2,3)4/h5-8H,9H2,1-4H3/p+1/b15-10+. The molecule has 18 heavy (non-hydrogen) atoms. The van der Waals surface area contributed by atoms with Gasteiger partial charge in [0.1, 0.15) is 0 Å². The molecule has 5 heteroatoms. The van der Waals surface area contributed by atoms with Crippen molar-refractivity contribution in [3.05, 3.63) is 34.9 Å². The lowest BCUT2D eigenvalue weighted by atomic mass is 10.1. The summed E-state index contributed by atoms with van der Waals surface area (Å²) in [6.07, 6.45) is 0. The number of carbonyl (C=O) groups is 1. The van der Waals surface area contributed by atoms with E-state index in [-0.39, 0.29) is 5.91 Å². The molecule has 1 amide bonds. The van der Waals surface area contributed by atoms with Crippen molar-refractivity contribution >= 4 is 23.2 Å².